The van der Waals surface area contributed by atoms with E-state index < -0.39 is 6.04 Å². The maximum Gasteiger partial charge on any atom is 0.273 e. The molecule has 1 atom stereocenters. The first kappa shape index (κ1) is 25.6. The van der Waals surface area contributed by atoms with Crippen LogP contribution in [0.1, 0.15) is 52.6 Å². The van der Waals surface area contributed by atoms with Crippen LogP contribution in [0.2, 0.25) is 5.02 Å². The van der Waals surface area contributed by atoms with E-state index in [9.17, 15) is 14.3 Å². The standard InChI is InChI=1S/C29H27ClFN3O4/c1-4-37-23-11-8-18(13-24(23)38-5-2)28-25-26(20-14-21(30)16(3)12-22(20)35)32-33-27(25)29(36)34(28)15-17-6-9-19(31)10-7-17/h6-14,28,35H,4-5,15H2,1-3H3,(H,32,33). The number of carbonyl (C=O) groups excluding carboxylic acids is 1. The zero-order valence-electron chi connectivity index (χ0n) is 21.2. The third-order valence-electron chi connectivity index (χ3n) is 6.55. The van der Waals surface area contributed by atoms with E-state index in [-0.39, 0.29) is 24.0 Å². The van der Waals surface area contributed by atoms with Gasteiger partial charge in [-0.1, -0.05) is 29.8 Å². The summed E-state index contributed by atoms with van der Waals surface area (Å²) in [7, 11) is 0. The lowest BCUT2D eigenvalue weighted by molar-refractivity contribution is 0.0729. The predicted molar refractivity (Wildman–Crippen MR) is 142 cm³/mol. The normalized spacial score (nSPS) is 14.6. The van der Waals surface area contributed by atoms with E-state index in [1.165, 1.54) is 12.1 Å². The highest BCUT2D eigenvalue weighted by Gasteiger charge is 2.43. The summed E-state index contributed by atoms with van der Waals surface area (Å²) in [6.45, 7) is 6.72. The lowest BCUT2D eigenvalue weighted by Crippen LogP contribution is -2.29. The average Bonchev–Trinajstić information content (AvgIpc) is 3.43. The van der Waals surface area contributed by atoms with Gasteiger partial charge < -0.3 is 19.5 Å². The summed E-state index contributed by atoms with van der Waals surface area (Å²) in [6.07, 6.45) is 0. The highest BCUT2D eigenvalue weighted by Crippen LogP contribution is 2.47. The topological polar surface area (TPSA) is 87.7 Å². The monoisotopic (exact) mass is 535 g/mol. The van der Waals surface area contributed by atoms with Crippen LogP contribution in [0.5, 0.6) is 17.2 Å². The van der Waals surface area contributed by atoms with E-state index in [1.807, 2.05) is 32.0 Å². The second-order valence-corrected chi connectivity index (χ2v) is 9.42. The molecule has 0 spiro atoms. The summed E-state index contributed by atoms with van der Waals surface area (Å²) in [4.78, 5) is 15.4. The number of nitrogens with zero attached hydrogens (tertiary/aromatic N) is 2. The Morgan fingerprint density at radius 1 is 1.05 bits per heavy atom. The molecule has 0 radical (unpaired) electrons. The number of benzene rings is 3. The number of amides is 1. The number of ether oxygens (including phenoxy) is 2. The number of halogens is 2. The van der Waals surface area contributed by atoms with E-state index >= 15 is 0 Å². The van der Waals surface area contributed by atoms with E-state index in [1.54, 1.807) is 36.1 Å². The Morgan fingerprint density at radius 3 is 2.47 bits per heavy atom. The first-order valence-corrected chi connectivity index (χ1v) is 12.7. The summed E-state index contributed by atoms with van der Waals surface area (Å²) in [5.41, 5.74) is 4.02. The molecule has 1 aliphatic rings. The maximum atomic E-state index is 13.7. The summed E-state index contributed by atoms with van der Waals surface area (Å²) >= 11 is 6.40. The van der Waals surface area contributed by atoms with Gasteiger partial charge in [-0.2, -0.15) is 5.10 Å². The minimum atomic E-state index is -0.578. The molecule has 196 valence electrons. The smallest absolute Gasteiger partial charge is 0.273 e. The molecule has 0 saturated heterocycles. The van der Waals surface area contributed by atoms with Crippen molar-refractivity contribution >= 4 is 17.5 Å². The molecule has 1 aromatic heterocycles. The number of carbonyl (C=O) groups is 1. The molecule has 1 unspecified atom stereocenters. The van der Waals surface area contributed by atoms with Crippen LogP contribution >= 0.6 is 11.6 Å². The van der Waals surface area contributed by atoms with Gasteiger partial charge >= 0.3 is 0 Å². The van der Waals surface area contributed by atoms with E-state index in [4.69, 9.17) is 21.1 Å². The molecule has 2 heterocycles. The first-order valence-electron chi connectivity index (χ1n) is 12.3. The summed E-state index contributed by atoms with van der Waals surface area (Å²) < 4.78 is 25.2. The number of rotatable bonds is 8. The molecule has 3 aromatic carbocycles. The van der Waals surface area contributed by atoms with Crippen molar-refractivity contribution in [2.45, 2.75) is 33.4 Å². The quantitative estimate of drug-likeness (QED) is 0.271. The van der Waals surface area contributed by atoms with Gasteiger partial charge in [0.1, 0.15) is 23.0 Å². The highest BCUT2D eigenvalue weighted by molar-refractivity contribution is 6.31. The summed E-state index contributed by atoms with van der Waals surface area (Å²) in [6, 6.07) is 14.3. The molecule has 0 aliphatic carbocycles. The molecule has 9 heteroatoms. The van der Waals surface area contributed by atoms with Crippen LogP contribution in [0.15, 0.2) is 54.6 Å². The number of hydrogen-bond donors (Lipinski definition) is 2. The summed E-state index contributed by atoms with van der Waals surface area (Å²) in [5.74, 6) is 0.543. The molecule has 4 aromatic rings. The zero-order valence-corrected chi connectivity index (χ0v) is 22.0. The minimum absolute atomic E-state index is 0.00563. The molecule has 7 nitrogen and oxygen atoms in total. The van der Waals surface area contributed by atoms with Crippen molar-refractivity contribution in [3.8, 4) is 28.5 Å². The van der Waals surface area contributed by atoms with Gasteiger partial charge in [-0.3, -0.25) is 9.89 Å². The Bertz CT molecular complexity index is 1500. The SMILES string of the molecule is CCOc1ccc(C2c3c(-c4cc(Cl)c(C)cc4O)n[nH]c3C(=O)N2Cc2ccc(F)cc2)cc1OCC. The highest BCUT2D eigenvalue weighted by atomic mass is 35.5. The van der Waals surface area contributed by atoms with Gasteiger partial charge in [0.15, 0.2) is 11.5 Å². The van der Waals surface area contributed by atoms with Crippen LogP contribution in [0.25, 0.3) is 11.3 Å². The van der Waals surface area contributed by atoms with E-state index in [0.717, 1.165) is 16.7 Å². The second kappa shape index (κ2) is 10.4. The number of fused-ring (bicyclic) bond motifs is 1. The number of aromatic hydroxyl groups is 1. The Balaban J connectivity index is 1.68. The van der Waals surface area contributed by atoms with Gasteiger partial charge in [0.05, 0.1) is 19.3 Å². The Kier molecular flexibility index (Phi) is 6.99. The lowest BCUT2D eigenvalue weighted by Gasteiger charge is -2.27. The third-order valence-corrected chi connectivity index (χ3v) is 6.95. The molecule has 5 rings (SSSR count). The van der Waals surface area contributed by atoms with Crippen LogP contribution in [-0.4, -0.2) is 39.3 Å². The fourth-order valence-electron chi connectivity index (χ4n) is 4.79. The van der Waals surface area contributed by atoms with Crippen molar-refractivity contribution < 1.29 is 23.8 Å². The number of hydrogen-bond acceptors (Lipinski definition) is 5. The lowest BCUT2D eigenvalue weighted by atomic mass is 9.94. The zero-order chi connectivity index (χ0) is 27.0. The number of phenolic OH excluding ortho intramolecular Hbond substituents is 1. The van der Waals surface area contributed by atoms with Crippen LogP contribution in [0.4, 0.5) is 4.39 Å². The molecule has 0 saturated carbocycles. The fraction of sp³-hybridized carbons (Fsp3) is 0.241. The van der Waals surface area contributed by atoms with Crippen molar-refractivity contribution in [3.05, 3.63) is 93.4 Å². The van der Waals surface area contributed by atoms with Crippen molar-refractivity contribution in [1.82, 2.24) is 15.1 Å². The van der Waals surface area contributed by atoms with Crippen LogP contribution in [0, 0.1) is 12.7 Å². The molecular weight excluding hydrogens is 509 g/mol. The van der Waals surface area contributed by atoms with Gasteiger partial charge in [0, 0.05) is 22.7 Å². The van der Waals surface area contributed by atoms with Crippen molar-refractivity contribution in [1.29, 1.82) is 0 Å². The summed E-state index contributed by atoms with van der Waals surface area (Å²) in [5, 5.41) is 18.6. The molecule has 2 N–H and O–H groups in total. The number of phenols is 1. The predicted octanol–water partition coefficient (Wildman–Crippen LogP) is 6.43. The largest absolute Gasteiger partial charge is 0.507 e. The van der Waals surface area contributed by atoms with Gasteiger partial charge in [-0.25, -0.2) is 4.39 Å². The molecular formula is C29H27ClFN3O4. The van der Waals surface area contributed by atoms with E-state index in [2.05, 4.69) is 10.2 Å². The van der Waals surface area contributed by atoms with Crippen LogP contribution in [0.3, 0.4) is 0 Å². The third kappa shape index (κ3) is 4.56. The van der Waals surface area contributed by atoms with Crippen LogP contribution in [-0.2, 0) is 6.54 Å². The minimum Gasteiger partial charge on any atom is -0.507 e. The first-order chi connectivity index (χ1) is 18.3. The molecule has 0 fully saturated rings. The molecule has 1 amide bonds. The second-order valence-electron chi connectivity index (χ2n) is 9.01. The number of aromatic amines is 1. The Labute approximate surface area is 224 Å². The maximum absolute atomic E-state index is 13.7. The van der Waals surface area contributed by atoms with Gasteiger partial charge in [-0.05, 0) is 73.9 Å². The van der Waals surface area contributed by atoms with Crippen molar-refractivity contribution in [3.63, 3.8) is 0 Å². The molecule has 38 heavy (non-hydrogen) atoms. The van der Waals surface area contributed by atoms with E-state index in [0.29, 0.717) is 52.3 Å². The number of aromatic nitrogens is 2. The fourth-order valence-corrected chi connectivity index (χ4v) is 4.96. The van der Waals surface area contributed by atoms with Crippen LogP contribution < -0.4 is 9.47 Å². The number of H-pyrrole nitrogens is 1. The Hall–Kier alpha value is -4.04. The average molecular weight is 536 g/mol. The van der Waals surface area contributed by atoms with Gasteiger partial charge in [-0.15, -0.1) is 0 Å². The Morgan fingerprint density at radius 2 is 1.76 bits per heavy atom. The van der Waals surface area contributed by atoms with Crippen molar-refractivity contribution in [2.75, 3.05) is 13.2 Å². The number of nitrogens with one attached hydrogen (secondary N) is 1. The molecule has 0 bridgehead atoms. The van der Waals surface area contributed by atoms with Gasteiger partial charge in [0.2, 0.25) is 0 Å². The molecule has 1 aliphatic heterocycles. The van der Waals surface area contributed by atoms with Crippen molar-refractivity contribution in [2.24, 2.45) is 0 Å². The van der Waals surface area contributed by atoms with Gasteiger partial charge in [0.25, 0.3) is 5.91 Å². The number of aryl methyl sites for hydroxylation is 1.